The molecule has 0 aliphatic rings. The van der Waals surface area contributed by atoms with Gasteiger partial charge in [-0.2, -0.15) is 0 Å². The summed E-state index contributed by atoms with van der Waals surface area (Å²) in [7, 11) is 3.50. The van der Waals surface area contributed by atoms with E-state index in [4.69, 9.17) is 9.47 Å². The van der Waals surface area contributed by atoms with E-state index in [0.29, 0.717) is 35.9 Å². The number of hydrogen-bond acceptors (Lipinski definition) is 5. The molecule has 0 aliphatic heterocycles. The van der Waals surface area contributed by atoms with Crippen molar-refractivity contribution in [3.05, 3.63) is 53.6 Å². The monoisotopic (exact) mass is 384 g/mol. The Labute approximate surface area is 166 Å². The summed E-state index contributed by atoms with van der Waals surface area (Å²) in [5, 5.41) is 2.87. The lowest BCUT2D eigenvalue weighted by atomic mass is 10.1. The van der Waals surface area contributed by atoms with Crippen molar-refractivity contribution in [3.8, 4) is 11.5 Å². The minimum Gasteiger partial charge on any atom is -0.493 e. The topological polar surface area (TPSA) is 67.9 Å². The molecule has 2 aromatic rings. The fourth-order valence-electron chi connectivity index (χ4n) is 2.77. The predicted molar refractivity (Wildman–Crippen MR) is 110 cm³/mol. The molecule has 0 saturated heterocycles. The summed E-state index contributed by atoms with van der Waals surface area (Å²) >= 11 is 0. The molecule has 1 atom stereocenters. The molecule has 0 saturated carbocycles. The van der Waals surface area contributed by atoms with E-state index in [2.05, 4.69) is 5.32 Å². The van der Waals surface area contributed by atoms with E-state index in [9.17, 15) is 9.59 Å². The number of anilines is 1. The number of carbonyl (C=O) groups is 2. The Balaban J connectivity index is 2.03. The number of ketones is 1. The minimum atomic E-state index is -0.362. The first kappa shape index (κ1) is 21.4. The number of amides is 1. The summed E-state index contributed by atoms with van der Waals surface area (Å²) < 4.78 is 10.9. The van der Waals surface area contributed by atoms with Gasteiger partial charge in [0.2, 0.25) is 5.91 Å². The Hall–Kier alpha value is -2.86. The highest BCUT2D eigenvalue weighted by molar-refractivity contribution is 5.98. The molecule has 2 aromatic carbocycles. The normalized spacial score (nSPS) is 11.8. The molecule has 28 heavy (non-hydrogen) atoms. The zero-order chi connectivity index (χ0) is 20.7. The van der Waals surface area contributed by atoms with Gasteiger partial charge in [-0.1, -0.05) is 18.2 Å². The molecule has 6 heteroatoms. The molecule has 150 valence electrons. The van der Waals surface area contributed by atoms with Crippen LogP contribution in [0, 0.1) is 0 Å². The number of nitrogens with zero attached hydrogens (tertiary/aromatic N) is 1. The van der Waals surface area contributed by atoms with Crippen molar-refractivity contribution in [1.29, 1.82) is 0 Å². The van der Waals surface area contributed by atoms with Crippen molar-refractivity contribution < 1.29 is 19.1 Å². The fourth-order valence-corrected chi connectivity index (χ4v) is 2.77. The molecule has 1 N–H and O–H groups in total. The first-order valence-corrected chi connectivity index (χ1v) is 9.27. The summed E-state index contributed by atoms with van der Waals surface area (Å²) in [6, 6.07) is 12.3. The third-order valence-corrected chi connectivity index (χ3v) is 4.54. The first-order chi connectivity index (χ1) is 13.3. The van der Waals surface area contributed by atoms with Crippen molar-refractivity contribution in [1.82, 2.24) is 4.90 Å². The quantitative estimate of drug-likeness (QED) is 0.667. The molecule has 2 rings (SSSR count). The molecule has 6 nitrogen and oxygen atoms in total. The van der Waals surface area contributed by atoms with E-state index in [-0.39, 0.29) is 17.7 Å². The second-order valence-corrected chi connectivity index (χ2v) is 6.64. The Morgan fingerprint density at radius 2 is 1.89 bits per heavy atom. The van der Waals surface area contributed by atoms with Crippen LogP contribution in [-0.2, 0) is 11.3 Å². The maximum absolute atomic E-state index is 12.6. The van der Waals surface area contributed by atoms with E-state index >= 15 is 0 Å². The van der Waals surface area contributed by atoms with Crippen LogP contribution < -0.4 is 14.8 Å². The molecule has 0 heterocycles. The first-order valence-electron chi connectivity index (χ1n) is 9.27. The average Bonchev–Trinajstić information content (AvgIpc) is 2.68. The summed E-state index contributed by atoms with van der Waals surface area (Å²) in [4.78, 5) is 26.1. The van der Waals surface area contributed by atoms with Crippen LogP contribution in [0.1, 0.15) is 36.7 Å². The lowest BCUT2D eigenvalue weighted by molar-refractivity contribution is -0.120. The van der Waals surface area contributed by atoms with Crippen LogP contribution in [-0.4, -0.2) is 43.4 Å². The third kappa shape index (κ3) is 5.57. The number of hydrogen-bond donors (Lipinski definition) is 1. The zero-order valence-corrected chi connectivity index (χ0v) is 17.1. The van der Waals surface area contributed by atoms with E-state index < -0.39 is 0 Å². The number of likely N-dealkylation sites (N-methyl/N-ethyl adjacent to an activating group) is 1. The van der Waals surface area contributed by atoms with Crippen LogP contribution in [0.3, 0.4) is 0 Å². The molecule has 0 fully saturated rings. The Morgan fingerprint density at radius 3 is 2.54 bits per heavy atom. The molecule has 0 aliphatic carbocycles. The highest BCUT2D eigenvalue weighted by Gasteiger charge is 2.19. The predicted octanol–water partition coefficient (Wildman–Crippen LogP) is 3.76. The minimum absolute atomic E-state index is 0.0364. The van der Waals surface area contributed by atoms with Gasteiger partial charge in [-0.3, -0.25) is 14.5 Å². The van der Waals surface area contributed by atoms with Gasteiger partial charge in [0.25, 0.3) is 0 Å². The lowest BCUT2D eigenvalue weighted by Crippen LogP contribution is -2.39. The van der Waals surface area contributed by atoms with E-state index in [0.717, 1.165) is 5.56 Å². The third-order valence-electron chi connectivity index (χ3n) is 4.54. The van der Waals surface area contributed by atoms with E-state index in [1.807, 2.05) is 44.0 Å². The summed E-state index contributed by atoms with van der Waals surface area (Å²) in [5.41, 5.74) is 2.20. The van der Waals surface area contributed by atoms with E-state index in [1.54, 1.807) is 31.4 Å². The number of benzene rings is 2. The SMILES string of the molecule is CCOc1ccc(CN(C)[C@@H](C)C(=O)Nc2cccc(C(C)=O)c2)cc1OC. The molecule has 1 amide bonds. The van der Waals surface area contributed by atoms with Crippen LogP contribution in [0.5, 0.6) is 11.5 Å². The van der Waals surface area contributed by atoms with Gasteiger partial charge in [0.05, 0.1) is 19.8 Å². The van der Waals surface area contributed by atoms with E-state index in [1.165, 1.54) is 6.92 Å². The average molecular weight is 384 g/mol. The molecular weight excluding hydrogens is 356 g/mol. The highest BCUT2D eigenvalue weighted by atomic mass is 16.5. The highest BCUT2D eigenvalue weighted by Crippen LogP contribution is 2.28. The van der Waals surface area contributed by atoms with Crippen LogP contribution in [0.25, 0.3) is 0 Å². The van der Waals surface area contributed by atoms with Gasteiger partial charge < -0.3 is 14.8 Å². The van der Waals surface area contributed by atoms with Crippen molar-refractivity contribution >= 4 is 17.4 Å². The van der Waals surface area contributed by atoms with Crippen molar-refractivity contribution in [2.75, 3.05) is 26.1 Å². The molecule has 0 unspecified atom stereocenters. The number of nitrogens with one attached hydrogen (secondary N) is 1. The summed E-state index contributed by atoms with van der Waals surface area (Å²) in [6.45, 7) is 6.41. The van der Waals surface area contributed by atoms with Gasteiger partial charge in [0, 0.05) is 17.8 Å². The lowest BCUT2D eigenvalue weighted by Gasteiger charge is -2.24. The summed E-state index contributed by atoms with van der Waals surface area (Å²) in [5.74, 6) is 1.20. The second kappa shape index (κ2) is 9.90. The second-order valence-electron chi connectivity index (χ2n) is 6.64. The van der Waals surface area contributed by atoms with Crippen molar-refractivity contribution in [2.45, 2.75) is 33.4 Å². The molecule has 0 bridgehead atoms. The van der Waals surface area contributed by atoms with Crippen LogP contribution in [0.2, 0.25) is 0 Å². The van der Waals surface area contributed by atoms with Crippen molar-refractivity contribution in [3.63, 3.8) is 0 Å². The Bertz CT molecular complexity index is 835. The zero-order valence-electron chi connectivity index (χ0n) is 17.1. The Kier molecular flexibility index (Phi) is 7.58. The van der Waals surface area contributed by atoms with Gasteiger partial charge >= 0.3 is 0 Å². The summed E-state index contributed by atoms with van der Waals surface area (Å²) in [6.07, 6.45) is 0. The van der Waals surface area contributed by atoms with Gasteiger partial charge in [-0.25, -0.2) is 0 Å². The Morgan fingerprint density at radius 1 is 1.14 bits per heavy atom. The van der Waals surface area contributed by atoms with Gasteiger partial charge in [-0.15, -0.1) is 0 Å². The standard InChI is InChI=1S/C22H28N2O4/c1-6-28-20-11-10-17(12-21(20)27-5)14-24(4)15(2)22(26)23-19-9-7-8-18(13-19)16(3)25/h7-13,15H,6,14H2,1-5H3,(H,23,26)/t15-/m0/s1. The van der Waals surface area contributed by atoms with Gasteiger partial charge in [0.1, 0.15) is 0 Å². The van der Waals surface area contributed by atoms with Crippen LogP contribution in [0.15, 0.2) is 42.5 Å². The van der Waals surface area contributed by atoms with Gasteiger partial charge in [0.15, 0.2) is 17.3 Å². The number of rotatable bonds is 9. The number of methoxy groups -OCH3 is 1. The number of Topliss-reactive ketones (excluding diaryl/α,β-unsaturated/α-hetero) is 1. The van der Waals surface area contributed by atoms with Crippen molar-refractivity contribution in [2.24, 2.45) is 0 Å². The smallest absolute Gasteiger partial charge is 0.241 e. The van der Waals surface area contributed by atoms with Crippen LogP contribution in [0.4, 0.5) is 5.69 Å². The maximum Gasteiger partial charge on any atom is 0.241 e. The number of ether oxygens (including phenoxy) is 2. The fraction of sp³-hybridized carbons (Fsp3) is 0.364. The largest absolute Gasteiger partial charge is 0.493 e. The molecule has 0 spiro atoms. The molecular formula is C22H28N2O4. The number of carbonyl (C=O) groups excluding carboxylic acids is 2. The molecule has 0 radical (unpaired) electrons. The molecule has 0 aromatic heterocycles. The maximum atomic E-state index is 12.6. The van der Waals surface area contributed by atoms with Gasteiger partial charge in [-0.05, 0) is 57.6 Å². The van der Waals surface area contributed by atoms with Crippen LogP contribution >= 0.6 is 0 Å².